The number of anilines is 1. The van der Waals surface area contributed by atoms with Crippen LogP contribution in [0.3, 0.4) is 0 Å². The van der Waals surface area contributed by atoms with Crippen molar-refractivity contribution in [3.8, 4) is 0 Å². The van der Waals surface area contributed by atoms with Gasteiger partial charge in [0.25, 0.3) is 0 Å². The Balaban J connectivity index is 2.69. The van der Waals surface area contributed by atoms with E-state index in [1.54, 1.807) is 0 Å². The molecule has 0 saturated heterocycles. The summed E-state index contributed by atoms with van der Waals surface area (Å²) in [5.41, 5.74) is 3.52. The van der Waals surface area contributed by atoms with Crippen molar-refractivity contribution < 1.29 is 4.74 Å². The van der Waals surface area contributed by atoms with Gasteiger partial charge in [-0.2, -0.15) is 0 Å². The number of nitrogens with one attached hydrogen (secondary N) is 1. The number of aryl methyl sites for hydroxylation is 1. The van der Waals surface area contributed by atoms with Crippen LogP contribution in [-0.4, -0.2) is 37.8 Å². The summed E-state index contributed by atoms with van der Waals surface area (Å²) in [5, 5.41) is 3.36. The summed E-state index contributed by atoms with van der Waals surface area (Å²) >= 11 is 0. The third kappa shape index (κ3) is 5.57. The third-order valence-electron chi connectivity index (χ3n) is 2.95. The van der Waals surface area contributed by atoms with Crippen molar-refractivity contribution in [2.24, 2.45) is 0 Å². The number of nitrogens with zero attached hydrogens (tertiary/aromatic N) is 2. The van der Waals surface area contributed by atoms with Crippen LogP contribution in [0.4, 0.5) is 5.69 Å². The zero-order chi connectivity index (χ0) is 14.3. The monoisotopic (exact) mass is 265 g/mol. The Labute approximate surface area is 117 Å². The number of hydrogen-bond donors (Lipinski definition) is 1. The van der Waals surface area contributed by atoms with E-state index in [1.807, 2.05) is 13.1 Å². The first-order chi connectivity index (χ1) is 9.04. The molecular weight excluding hydrogens is 238 g/mol. The van der Waals surface area contributed by atoms with Gasteiger partial charge in [0.05, 0.1) is 12.7 Å². The maximum atomic E-state index is 5.61. The normalized spacial score (nSPS) is 11.1. The predicted octanol–water partition coefficient (Wildman–Crippen LogP) is 2.36. The first kappa shape index (κ1) is 15.9. The Morgan fingerprint density at radius 3 is 2.79 bits per heavy atom. The van der Waals surface area contributed by atoms with E-state index in [1.165, 1.54) is 11.3 Å². The second kappa shape index (κ2) is 8.12. The summed E-state index contributed by atoms with van der Waals surface area (Å²) in [6.07, 6.45) is 2.25. The molecule has 108 valence electrons. The molecule has 0 aliphatic rings. The average molecular weight is 265 g/mol. The molecule has 1 heterocycles. The van der Waals surface area contributed by atoms with E-state index in [0.717, 1.165) is 31.9 Å². The van der Waals surface area contributed by atoms with E-state index in [0.29, 0.717) is 0 Å². The van der Waals surface area contributed by atoms with Gasteiger partial charge in [-0.05, 0) is 33.4 Å². The first-order valence-electron chi connectivity index (χ1n) is 7.03. The van der Waals surface area contributed by atoms with Crippen molar-refractivity contribution in [2.45, 2.75) is 40.3 Å². The SMILES string of the molecule is CCNCc1cnc(C)cc1N(C)CCOC(C)C. The molecule has 0 radical (unpaired) electrons. The third-order valence-corrected chi connectivity index (χ3v) is 2.95. The smallest absolute Gasteiger partial charge is 0.0644 e. The van der Waals surface area contributed by atoms with Crippen molar-refractivity contribution in [1.29, 1.82) is 0 Å². The van der Waals surface area contributed by atoms with Crippen LogP contribution in [0.2, 0.25) is 0 Å². The van der Waals surface area contributed by atoms with E-state index >= 15 is 0 Å². The van der Waals surface area contributed by atoms with Crippen molar-refractivity contribution in [3.05, 3.63) is 23.5 Å². The van der Waals surface area contributed by atoms with Gasteiger partial charge < -0.3 is 15.0 Å². The van der Waals surface area contributed by atoms with Gasteiger partial charge in [0.2, 0.25) is 0 Å². The van der Waals surface area contributed by atoms with Gasteiger partial charge in [0.1, 0.15) is 0 Å². The van der Waals surface area contributed by atoms with Gasteiger partial charge in [-0.15, -0.1) is 0 Å². The number of rotatable bonds is 8. The molecule has 0 amide bonds. The molecule has 0 saturated carbocycles. The van der Waals surface area contributed by atoms with Gasteiger partial charge in [0, 0.05) is 43.3 Å². The largest absolute Gasteiger partial charge is 0.377 e. The highest BCUT2D eigenvalue weighted by Gasteiger charge is 2.08. The summed E-state index contributed by atoms with van der Waals surface area (Å²) < 4.78 is 5.61. The molecule has 0 aliphatic carbocycles. The molecule has 1 rings (SSSR count). The van der Waals surface area contributed by atoms with E-state index in [9.17, 15) is 0 Å². The summed E-state index contributed by atoms with van der Waals surface area (Å²) in [6, 6.07) is 2.14. The number of pyridine rings is 1. The maximum absolute atomic E-state index is 5.61. The fourth-order valence-electron chi connectivity index (χ4n) is 1.87. The molecule has 4 nitrogen and oxygen atoms in total. The number of aromatic nitrogens is 1. The van der Waals surface area contributed by atoms with Gasteiger partial charge in [-0.3, -0.25) is 4.98 Å². The minimum Gasteiger partial charge on any atom is -0.377 e. The van der Waals surface area contributed by atoms with Gasteiger partial charge in [-0.1, -0.05) is 6.92 Å². The van der Waals surface area contributed by atoms with Crippen LogP contribution in [0.15, 0.2) is 12.3 Å². The Hall–Kier alpha value is -1.13. The van der Waals surface area contributed by atoms with Crippen LogP contribution in [0.1, 0.15) is 32.0 Å². The van der Waals surface area contributed by atoms with Crippen LogP contribution in [0.5, 0.6) is 0 Å². The molecule has 0 unspecified atom stereocenters. The molecule has 0 aromatic carbocycles. The standard InChI is InChI=1S/C15H27N3O/c1-6-16-10-14-11-17-13(4)9-15(14)18(5)7-8-19-12(2)3/h9,11-12,16H,6-8,10H2,1-5H3. The van der Waals surface area contributed by atoms with Gasteiger partial charge in [-0.25, -0.2) is 0 Å². The van der Waals surface area contributed by atoms with E-state index in [4.69, 9.17) is 4.74 Å². The lowest BCUT2D eigenvalue weighted by Gasteiger charge is -2.23. The molecular formula is C15H27N3O. The van der Waals surface area contributed by atoms with Crippen molar-refractivity contribution in [2.75, 3.05) is 31.6 Å². The van der Waals surface area contributed by atoms with Gasteiger partial charge in [0.15, 0.2) is 0 Å². The molecule has 1 aromatic rings. The second-order valence-electron chi connectivity index (χ2n) is 5.08. The first-order valence-corrected chi connectivity index (χ1v) is 7.03. The predicted molar refractivity (Wildman–Crippen MR) is 80.7 cm³/mol. The lowest BCUT2D eigenvalue weighted by Crippen LogP contribution is -2.26. The molecule has 4 heteroatoms. The fourth-order valence-corrected chi connectivity index (χ4v) is 1.87. The Bertz CT molecular complexity index is 380. The minimum absolute atomic E-state index is 0.286. The molecule has 0 fully saturated rings. The van der Waals surface area contributed by atoms with E-state index < -0.39 is 0 Å². The quantitative estimate of drug-likeness (QED) is 0.783. The number of hydrogen-bond acceptors (Lipinski definition) is 4. The Morgan fingerprint density at radius 2 is 2.16 bits per heavy atom. The zero-order valence-electron chi connectivity index (χ0n) is 12.9. The van der Waals surface area contributed by atoms with E-state index in [-0.39, 0.29) is 6.10 Å². The van der Waals surface area contributed by atoms with Crippen LogP contribution in [-0.2, 0) is 11.3 Å². The lowest BCUT2D eigenvalue weighted by atomic mass is 10.2. The highest BCUT2D eigenvalue weighted by molar-refractivity contribution is 5.53. The van der Waals surface area contributed by atoms with Crippen molar-refractivity contribution in [3.63, 3.8) is 0 Å². The average Bonchev–Trinajstić information content (AvgIpc) is 2.36. The summed E-state index contributed by atoms with van der Waals surface area (Å²) in [4.78, 5) is 6.63. The highest BCUT2D eigenvalue weighted by Crippen LogP contribution is 2.19. The van der Waals surface area contributed by atoms with Crippen LogP contribution >= 0.6 is 0 Å². The summed E-state index contributed by atoms with van der Waals surface area (Å²) in [7, 11) is 2.11. The molecule has 19 heavy (non-hydrogen) atoms. The topological polar surface area (TPSA) is 37.4 Å². The van der Waals surface area contributed by atoms with Crippen LogP contribution in [0, 0.1) is 6.92 Å². The van der Waals surface area contributed by atoms with E-state index in [2.05, 4.69) is 49.1 Å². The Kier molecular flexibility index (Phi) is 6.81. The second-order valence-corrected chi connectivity index (χ2v) is 5.08. The summed E-state index contributed by atoms with van der Waals surface area (Å²) in [5.74, 6) is 0. The molecule has 0 spiro atoms. The maximum Gasteiger partial charge on any atom is 0.0644 e. The molecule has 0 bridgehead atoms. The van der Waals surface area contributed by atoms with Crippen molar-refractivity contribution >= 4 is 5.69 Å². The number of likely N-dealkylation sites (N-methyl/N-ethyl adjacent to an activating group) is 1. The van der Waals surface area contributed by atoms with Crippen LogP contribution in [0.25, 0.3) is 0 Å². The highest BCUT2D eigenvalue weighted by atomic mass is 16.5. The Morgan fingerprint density at radius 1 is 1.42 bits per heavy atom. The van der Waals surface area contributed by atoms with Gasteiger partial charge >= 0.3 is 0 Å². The zero-order valence-corrected chi connectivity index (χ0v) is 12.9. The minimum atomic E-state index is 0.286. The molecule has 1 aromatic heterocycles. The molecule has 0 atom stereocenters. The van der Waals surface area contributed by atoms with Crippen molar-refractivity contribution in [1.82, 2.24) is 10.3 Å². The molecule has 0 aliphatic heterocycles. The van der Waals surface area contributed by atoms with Crippen LogP contribution < -0.4 is 10.2 Å². The fraction of sp³-hybridized carbons (Fsp3) is 0.667. The lowest BCUT2D eigenvalue weighted by molar-refractivity contribution is 0.0846. The molecule has 1 N–H and O–H groups in total. The summed E-state index contributed by atoms with van der Waals surface area (Å²) in [6.45, 7) is 11.7. The number of ether oxygens (including phenoxy) is 1.